The highest BCUT2D eigenvalue weighted by Crippen LogP contribution is 2.27. The molecular weight excluding hydrogens is 164 g/mol. The van der Waals surface area contributed by atoms with E-state index in [9.17, 15) is 0 Å². The zero-order chi connectivity index (χ0) is 9.52. The largest absolute Gasteiger partial charge is 0.383 e. The second-order valence-corrected chi connectivity index (χ2v) is 3.95. The molecule has 3 heteroatoms. The van der Waals surface area contributed by atoms with Gasteiger partial charge < -0.3 is 15.4 Å². The van der Waals surface area contributed by atoms with Crippen LogP contribution in [0.4, 0.5) is 0 Å². The van der Waals surface area contributed by atoms with Crippen molar-refractivity contribution < 1.29 is 4.74 Å². The molecule has 1 saturated carbocycles. The second kappa shape index (κ2) is 6.35. The third-order valence-electron chi connectivity index (χ3n) is 2.39. The molecule has 3 nitrogen and oxygen atoms in total. The molecule has 0 saturated heterocycles. The average Bonchev–Trinajstić information content (AvgIpc) is 2.92. The molecule has 0 aromatic rings. The number of methoxy groups -OCH3 is 1. The van der Waals surface area contributed by atoms with Crippen LogP contribution in [0.3, 0.4) is 0 Å². The van der Waals surface area contributed by atoms with Crippen molar-refractivity contribution >= 4 is 0 Å². The van der Waals surface area contributed by atoms with Crippen molar-refractivity contribution in [2.75, 3.05) is 33.4 Å². The van der Waals surface area contributed by atoms with Gasteiger partial charge in [0, 0.05) is 26.2 Å². The molecule has 0 heterocycles. The molecule has 0 amide bonds. The lowest BCUT2D eigenvalue weighted by atomic mass is 10.3. The first-order chi connectivity index (χ1) is 6.33. The van der Waals surface area contributed by atoms with Gasteiger partial charge in [0.2, 0.25) is 0 Å². The Bertz CT molecular complexity index is 126. The fraction of sp³-hybridized carbons (Fsp3) is 1.00. The summed E-state index contributed by atoms with van der Waals surface area (Å²) >= 11 is 0. The Balaban J connectivity index is 1.81. The van der Waals surface area contributed by atoms with Crippen LogP contribution in [-0.2, 0) is 4.74 Å². The van der Waals surface area contributed by atoms with E-state index in [1.54, 1.807) is 7.11 Å². The fourth-order valence-electron chi connectivity index (χ4n) is 1.25. The third-order valence-corrected chi connectivity index (χ3v) is 2.39. The van der Waals surface area contributed by atoms with Gasteiger partial charge in [-0.25, -0.2) is 0 Å². The summed E-state index contributed by atoms with van der Waals surface area (Å²) in [5, 5.41) is 6.86. The summed E-state index contributed by atoms with van der Waals surface area (Å²) in [6.07, 6.45) is 2.85. The fourth-order valence-corrected chi connectivity index (χ4v) is 1.25. The molecular formula is C10H22N2O. The Morgan fingerprint density at radius 1 is 1.46 bits per heavy atom. The summed E-state index contributed by atoms with van der Waals surface area (Å²) in [5.74, 6) is 0.974. The topological polar surface area (TPSA) is 33.3 Å². The molecule has 1 rings (SSSR count). The zero-order valence-corrected chi connectivity index (χ0v) is 8.81. The number of hydrogen-bond donors (Lipinski definition) is 2. The van der Waals surface area contributed by atoms with E-state index in [1.165, 1.54) is 19.4 Å². The first kappa shape index (κ1) is 11.0. The number of ether oxygens (including phenoxy) is 1. The normalized spacial score (nSPS) is 18.9. The Morgan fingerprint density at radius 3 is 2.85 bits per heavy atom. The van der Waals surface area contributed by atoms with Crippen molar-refractivity contribution in [2.45, 2.75) is 25.8 Å². The summed E-state index contributed by atoms with van der Waals surface area (Å²) < 4.78 is 4.95. The standard InChI is InChI=1S/C10H22N2O/c1-9(7-11-5-6-13-2)12-8-10-3-4-10/h9-12H,3-8H2,1-2H3. The molecule has 2 N–H and O–H groups in total. The van der Waals surface area contributed by atoms with Gasteiger partial charge in [-0.2, -0.15) is 0 Å². The van der Waals surface area contributed by atoms with Crippen molar-refractivity contribution in [1.29, 1.82) is 0 Å². The molecule has 0 aromatic carbocycles. The molecule has 0 spiro atoms. The molecule has 1 fully saturated rings. The van der Waals surface area contributed by atoms with Gasteiger partial charge in [0.1, 0.15) is 0 Å². The quantitative estimate of drug-likeness (QED) is 0.545. The predicted octanol–water partition coefficient (Wildman–Crippen LogP) is 0.610. The van der Waals surface area contributed by atoms with E-state index in [2.05, 4.69) is 17.6 Å². The summed E-state index contributed by atoms with van der Waals surface area (Å²) in [5.41, 5.74) is 0. The highest BCUT2D eigenvalue weighted by molar-refractivity contribution is 4.77. The highest BCUT2D eigenvalue weighted by atomic mass is 16.5. The van der Waals surface area contributed by atoms with Crippen molar-refractivity contribution in [2.24, 2.45) is 5.92 Å². The summed E-state index contributed by atoms with van der Waals surface area (Å²) in [4.78, 5) is 0. The van der Waals surface area contributed by atoms with E-state index in [0.29, 0.717) is 6.04 Å². The minimum Gasteiger partial charge on any atom is -0.383 e. The maximum absolute atomic E-state index is 4.95. The Hall–Kier alpha value is -0.120. The maximum atomic E-state index is 4.95. The first-order valence-electron chi connectivity index (χ1n) is 5.26. The smallest absolute Gasteiger partial charge is 0.0587 e. The van der Waals surface area contributed by atoms with Crippen LogP contribution in [0.25, 0.3) is 0 Å². The lowest BCUT2D eigenvalue weighted by Crippen LogP contribution is -2.38. The zero-order valence-electron chi connectivity index (χ0n) is 8.81. The lowest BCUT2D eigenvalue weighted by Gasteiger charge is -2.13. The van der Waals surface area contributed by atoms with Gasteiger partial charge in [-0.05, 0) is 32.2 Å². The maximum Gasteiger partial charge on any atom is 0.0587 e. The van der Waals surface area contributed by atoms with Crippen LogP contribution in [0, 0.1) is 5.92 Å². The number of nitrogens with one attached hydrogen (secondary N) is 2. The van der Waals surface area contributed by atoms with Crippen LogP contribution >= 0.6 is 0 Å². The van der Waals surface area contributed by atoms with E-state index < -0.39 is 0 Å². The van der Waals surface area contributed by atoms with E-state index in [-0.39, 0.29) is 0 Å². The van der Waals surface area contributed by atoms with Gasteiger partial charge in [-0.1, -0.05) is 0 Å². The molecule has 78 valence electrons. The molecule has 0 radical (unpaired) electrons. The van der Waals surface area contributed by atoms with Gasteiger partial charge >= 0.3 is 0 Å². The number of hydrogen-bond acceptors (Lipinski definition) is 3. The van der Waals surface area contributed by atoms with Crippen LogP contribution in [0.1, 0.15) is 19.8 Å². The Labute approximate surface area is 81.2 Å². The Kier molecular flexibility index (Phi) is 5.35. The highest BCUT2D eigenvalue weighted by Gasteiger charge is 2.20. The van der Waals surface area contributed by atoms with Gasteiger partial charge in [-0.15, -0.1) is 0 Å². The SMILES string of the molecule is COCCNCC(C)NCC1CC1. The van der Waals surface area contributed by atoms with Crippen molar-refractivity contribution in [3.8, 4) is 0 Å². The molecule has 0 aromatic heterocycles. The van der Waals surface area contributed by atoms with E-state index in [0.717, 1.165) is 25.6 Å². The minimum atomic E-state index is 0.581. The van der Waals surface area contributed by atoms with Crippen LogP contribution in [0.15, 0.2) is 0 Å². The Morgan fingerprint density at radius 2 is 2.23 bits per heavy atom. The molecule has 1 aliphatic rings. The number of rotatable bonds is 8. The van der Waals surface area contributed by atoms with Gasteiger partial charge in [0.05, 0.1) is 6.61 Å². The van der Waals surface area contributed by atoms with E-state index in [1.807, 2.05) is 0 Å². The average molecular weight is 186 g/mol. The van der Waals surface area contributed by atoms with Crippen molar-refractivity contribution in [1.82, 2.24) is 10.6 Å². The molecule has 1 unspecified atom stereocenters. The molecule has 13 heavy (non-hydrogen) atoms. The first-order valence-corrected chi connectivity index (χ1v) is 5.26. The van der Waals surface area contributed by atoms with Crippen molar-refractivity contribution in [3.05, 3.63) is 0 Å². The summed E-state index contributed by atoms with van der Waals surface area (Å²) in [6.45, 7) is 6.21. The summed E-state index contributed by atoms with van der Waals surface area (Å²) in [6, 6.07) is 0.581. The van der Waals surface area contributed by atoms with Crippen LogP contribution in [-0.4, -0.2) is 39.4 Å². The monoisotopic (exact) mass is 186 g/mol. The molecule has 0 aliphatic heterocycles. The van der Waals surface area contributed by atoms with Crippen LogP contribution in [0.5, 0.6) is 0 Å². The second-order valence-electron chi connectivity index (χ2n) is 3.95. The van der Waals surface area contributed by atoms with Crippen LogP contribution in [0.2, 0.25) is 0 Å². The minimum absolute atomic E-state index is 0.581. The van der Waals surface area contributed by atoms with Crippen molar-refractivity contribution in [3.63, 3.8) is 0 Å². The lowest BCUT2D eigenvalue weighted by molar-refractivity contribution is 0.198. The summed E-state index contributed by atoms with van der Waals surface area (Å²) in [7, 11) is 1.73. The van der Waals surface area contributed by atoms with E-state index >= 15 is 0 Å². The van der Waals surface area contributed by atoms with Gasteiger partial charge in [-0.3, -0.25) is 0 Å². The molecule has 1 aliphatic carbocycles. The van der Waals surface area contributed by atoms with Crippen LogP contribution < -0.4 is 10.6 Å². The van der Waals surface area contributed by atoms with E-state index in [4.69, 9.17) is 4.74 Å². The molecule has 0 bridgehead atoms. The predicted molar refractivity (Wildman–Crippen MR) is 54.9 cm³/mol. The third kappa shape index (κ3) is 6.02. The molecule has 1 atom stereocenters. The van der Waals surface area contributed by atoms with Gasteiger partial charge in [0.25, 0.3) is 0 Å². The van der Waals surface area contributed by atoms with Gasteiger partial charge in [0.15, 0.2) is 0 Å².